The van der Waals surface area contributed by atoms with E-state index in [0.29, 0.717) is 17.8 Å². The summed E-state index contributed by atoms with van der Waals surface area (Å²) in [5, 5.41) is 13.5. The van der Waals surface area contributed by atoms with Crippen LogP contribution < -0.4 is 10.0 Å². The second-order valence-electron chi connectivity index (χ2n) is 7.22. The molecule has 0 spiro atoms. The molecule has 0 atom stereocenters. The van der Waals surface area contributed by atoms with Crippen LogP contribution in [0.4, 0.5) is 10.7 Å². The third kappa shape index (κ3) is 4.99. The van der Waals surface area contributed by atoms with Gasteiger partial charge in [-0.15, -0.1) is 11.3 Å². The SMILES string of the molecule is O=C(Nc1cc2ccccc2s1)c1ccccc1NS(=O)(=O)c1ccc(CCCO)cc1. The number of fused-ring (bicyclic) bond motifs is 1. The highest BCUT2D eigenvalue weighted by atomic mass is 32.2. The predicted molar refractivity (Wildman–Crippen MR) is 129 cm³/mol. The predicted octanol–water partition coefficient (Wildman–Crippen LogP) is 4.88. The summed E-state index contributed by atoms with van der Waals surface area (Å²) in [6.07, 6.45) is 1.29. The molecule has 0 unspecified atom stereocenters. The minimum atomic E-state index is -3.88. The summed E-state index contributed by atoms with van der Waals surface area (Å²) in [5.41, 5.74) is 1.38. The molecule has 0 aliphatic rings. The van der Waals surface area contributed by atoms with Crippen molar-refractivity contribution in [3.8, 4) is 0 Å². The fourth-order valence-electron chi connectivity index (χ4n) is 3.31. The molecule has 3 aromatic carbocycles. The van der Waals surface area contributed by atoms with Crippen molar-refractivity contribution >= 4 is 48.0 Å². The van der Waals surface area contributed by atoms with E-state index in [1.807, 2.05) is 30.3 Å². The molecule has 0 aliphatic heterocycles. The van der Waals surface area contributed by atoms with Crippen molar-refractivity contribution in [2.45, 2.75) is 17.7 Å². The first-order valence-electron chi connectivity index (χ1n) is 10.1. The van der Waals surface area contributed by atoms with Crippen molar-refractivity contribution in [3.05, 3.63) is 90.0 Å². The van der Waals surface area contributed by atoms with Gasteiger partial charge < -0.3 is 10.4 Å². The first kappa shape index (κ1) is 22.0. The van der Waals surface area contributed by atoms with Gasteiger partial charge >= 0.3 is 0 Å². The monoisotopic (exact) mass is 466 g/mol. The zero-order valence-electron chi connectivity index (χ0n) is 17.1. The maximum atomic E-state index is 12.9. The molecule has 8 heteroatoms. The summed E-state index contributed by atoms with van der Waals surface area (Å²) in [4.78, 5) is 13.0. The lowest BCUT2D eigenvalue weighted by atomic mass is 10.1. The topological polar surface area (TPSA) is 95.5 Å². The van der Waals surface area contributed by atoms with Crippen LogP contribution in [0.1, 0.15) is 22.3 Å². The molecular weight excluding hydrogens is 444 g/mol. The normalized spacial score (nSPS) is 11.4. The van der Waals surface area contributed by atoms with Gasteiger partial charge in [0.25, 0.3) is 15.9 Å². The molecule has 32 heavy (non-hydrogen) atoms. The highest BCUT2D eigenvalue weighted by Gasteiger charge is 2.19. The van der Waals surface area contributed by atoms with Gasteiger partial charge in [0, 0.05) is 11.3 Å². The summed E-state index contributed by atoms with van der Waals surface area (Å²) < 4.78 is 29.4. The van der Waals surface area contributed by atoms with Gasteiger partial charge in [-0.25, -0.2) is 8.42 Å². The largest absolute Gasteiger partial charge is 0.396 e. The van der Waals surface area contributed by atoms with Crippen LogP contribution in [0.3, 0.4) is 0 Å². The minimum Gasteiger partial charge on any atom is -0.396 e. The summed E-state index contributed by atoms with van der Waals surface area (Å²) in [6.45, 7) is 0.0853. The molecule has 1 heterocycles. The fourth-order valence-corrected chi connectivity index (χ4v) is 5.35. The van der Waals surface area contributed by atoms with Crippen LogP contribution in [0, 0.1) is 0 Å². The van der Waals surface area contributed by atoms with Crippen molar-refractivity contribution in [1.82, 2.24) is 0 Å². The number of aliphatic hydroxyl groups excluding tert-OH is 1. The highest BCUT2D eigenvalue weighted by Crippen LogP contribution is 2.30. The van der Waals surface area contributed by atoms with Gasteiger partial charge in [-0.05, 0) is 60.2 Å². The van der Waals surface area contributed by atoms with Crippen LogP contribution in [0.25, 0.3) is 10.1 Å². The number of thiophene rings is 1. The van der Waals surface area contributed by atoms with E-state index in [-0.39, 0.29) is 22.8 Å². The molecular formula is C24H22N2O4S2. The number of para-hydroxylation sites is 1. The number of amides is 1. The van der Waals surface area contributed by atoms with E-state index in [9.17, 15) is 13.2 Å². The molecule has 0 saturated heterocycles. The van der Waals surface area contributed by atoms with Crippen LogP contribution in [0.15, 0.2) is 83.8 Å². The van der Waals surface area contributed by atoms with Crippen LogP contribution in [0.2, 0.25) is 0 Å². The Morgan fingerprint density at radius 3 is 2.41 bits per heavy atom. The maximum Gasteiger partial charge on any atom is 0.261 e. The van der Waals surface area contributed by atoms with Gasteiger partial charge in [0.05, 0.1) is 21.1 Å². The van der Waals surface area contributed by atoms with Crippen LogP contribution >= 0.6 is 11.3 Å². The molecule has 6 nitrogen and oxygen atoms in total. The Labute approximate surface area is 190 Å². The number of aliphatic hydroxyl groups is 1. The van der Waals surface area contributed by atoms with Gasteiger partial charge in [0.1, 0.15) is 0 Å². The molecule has 3 N–H and O–H groups in total. The summed E-state index contributed by atoms with van der Waals surface area (Å²) in [5.74, 6) is -0.394. The molecule has 0 bridgehead atoms. The molecule has 1 aromatic heterocycles. The Bertz CT molecular complexity index is 1310. The van der Waals surface area contributed by atoms with E-state index in [0.717, 1.165) is 15.6 Å². The van der Waals surface area contributed by atoms with E-state index >= 15 is 0 Å². The van der Waals surface area contributed by atoms with Crippen molar-refractivity contribution in [1.29, 1.82) is 0 Å². The van der Waals surface area contributed by atoms with Crippen molar-refractivity contribution in [3.63, 3.8) is 0 Å². The molecule has 0 fully saturated rings. The van der Waals surface area contributed by atoms with E-state index in [1.165, 1.54) is 23.5 Å². The Hall–Kier alpha value is -3.20. The van der Waals surface area contributed by atoms with Crippen molar-refractivity contribution < 1.29 is 18.3 Å². The molecule has 4 aromatic rings. The van der Waals surface area contributed by atoms with Crippen LogP contribution in [-0.4, -0.2) is 26.0 Å². The van der Waals surface area contributed by atoms with Gasteiger partial charge in [-0.1, -0.05) is 42.5 Å². The Kier molecular flexibility index (Phi) is 6.55. The lowest BCUT2D eigenvalue weighted by Crippen LogP contribution is -2.18. The third-order valence-electron chi connectivity index (χ3n) is 4.94. The van der Waals surface area contributed by atoms with Crippen LogP contribution in [0.5, 0.6) is 0 Å². The number of benzene rings is 3. The number of rotatable bonds is 8. The maximum absolute atomic E-state index is 12.9. The fraction of sp³-hybridized carbons (Fsp3) is 0.125. The zero-order valence-corrected chi connectivity index (χ0v) is 18.7. The number of aryl methyl sites for hydroxylation is 1. The van der Waals surface area contributed by atoms with E-state index in [2.05, 4.69) is 10.0 Å². The second-order valence-corrected chi connectivity index (χ2v) is 9.99. The Morgan fingerprint density at radius 2 is 1.66 bits per heavy atom. The third-order valence-corrected chi connectivity index (χ3v) is 7.35. The molecule has 0 saturated carbocycles. The number of sulfonamides is 1. The Balaban J connectivity index is 1.54. The lowest BCUT2D eigenvalue weighted by molar-refractivity contribution is 0.102. The quantitative estimate of drug-likeness (QED) is 0.345. The summed E-state index contributed by atoms with van der Waals surface area (Å²) in [6, 6.07) is 22.7. The van der Waals surface area contributed by atoms with Gasteiger partial charge in [0.15, 0.2) is 0 Å². The van der Waals surface area contributed by atoms with Gasteiger partial charge in [0.2, 0.25) is 0 Å². The summed E-state index contributed by atoms with van der Waals surface area (Å²) >= 11 is 1.46. The number of hydrogen-bond donors (Lipinski definition) is 3. The first-order chi connectivity index (χ1) is 15.5. The number of nitrogens with one attached hydrogen (secondary N) is 2. The van der Waals surface area contributed by atoms with E-state index < -0.39 is 15.9 Å². The van der Waals surface area contributed by atoms with Gasteiger partial charge in [-0.2, -0.15) is 0 Å². The minimum absolute atomic E-state index is 0.0853. The molecule has 164 valence electrons. The average Bonchev–Trinajstić information content (AvgIpc) is 3.20. The summed E-state index contributed by atoms with van der Waals surface area (Å²) in [7, 11) is -3.88. The smallest absolute Gasteiger partial charge is 0.261 e. The van der Waals surface area contributed by atoms with Crippen molar-refractivity contribution in [2.24, 2.45) is 0 Å². The van der Waals surface area contributed by atoms with Crippen LogP contribution in [-0.2, 0) is 16.4 Å². The second kappa shape index (κ2) is 9.52. The Morgan fingerprint density at radius 1 is 0.938 bits per heavy atom. The van der Waals surface area contributed by atoms with Gasteiger partial charge in [-0.3, -0.25) is 9.52 Å². The molecule has 0 aliphatic carbocycles. The number of carbonyl (C=O) groups excluding carboxylic acids is 1. The zero-order chi connectivity index (χ0) is 22.6. The molecule has 0 radical (unpaired) electrons. The highest BCUT2D eigenvalue weighted by molar-refractivity contribution is 7.92. The first-order valence-corrected chi connectivity index (χ1v) is 12.4. The van der Waals surface area contributed by atoms with E-state index in [1.54, 1.807) is 36.4 Å². The van der Waals surface area contributed by atoms with E-state index in [4.69, 9.17) is 5.11 Å². The van der Waals surface area contributed by atoms with Crippen molar-refractivity contribution in [2.75, 3.05) is 16.6 Å². The molecule has 1 amide bonds. The average molecular weight is 467 g/mol. The molecule has 4 rings (SSSR count). The standard InChI is InChI=1S/C24H22N2O4S2/c27-15-5-6-17-11-13-19(14-12-17)32(29,30)26-21-9-3-2-8-20(21)24(28)25-23-16-18-7-1-4-10-22(18)31-23/h1-4,7-14,16,26-27H,5-6,15H2,(H,25,28). The lowest BCUT2D eigenvalue weighted by Gasteiger charge is -2.13. The number of anilines is 2. The number of hydrogen-bond acceptors (Lipinski definition) is 5. The number of carbonyl (C=O) groups is 1.